The minimum Gasteiger partial charge on any atom is -0.426 e. The van der Waals surface area contributed by atoms with E-state index < -0.39 is 25.0 Å². The van der Waals surface area contributed by atoms with Gasteiger partial charge < -0.3 is 21.1 Å². The SMILES string of the molecule is CC(C)C[C@H](NC(=O)[C@@H](N)Cc1ccccn1)B(O)O. The molecule has 0 saturated heterocycles. The van der Waals surface area contributed by atoms with Crippen LogP contribution in [0.1, 0.15) is 26.0 Å². The maximum absolute atomic E-state index is 12.0. The fourth-order valence-corrected chi connectivity index (χ4v) is 1.89. The molecule has 0 unspecified atom stereocenters. The zero-order chi connectivity index (χ0) is 15.1. The van der Waals surface area contributed by atoms with Crippen molar-refractivity contribution in [2.24, 2.45) is 11.7 Å². The first-order chi connectivity index (χ1) is 9.40. The second-order valence-electron chi connectivity index (χ2n) is 5.29. The molecule has 0 bridgehead atoms. The molecule has 5 N–H and O–H groups in total. The third-order valence-corrected chi connectivity index (χ3v) is 2.90. The van der Waals surface area contributed by atoms with Crippen molar-refractivity contribution in [3.8, 4) is 0 Å². The number of nitrogens with one attached hydrogen (secondary N) is 1. The van der Waals surface area contributed by atoms with Gasteiger partial charge in [-0.1, -0.05) is 19.9 Å². The number of carbonyl (C=O) groups excluding carboxylic acids is 1. The number of nitrogens with zero attached hydrogens (tertiary/aromatic N) is 1. The molecular formula is C13H22BN3O3. The third kappa shape index (κ3) is 5.69. The molecule has 6 nitrogen and oxygen atoms in total. The summed E-state index contributed by atoms with van der Waals surface area (Å²) in [6, 6.07) is 4.64. The number of hydrogen-bond donors (Lipinski definition) is 4. The molecule has 7 heteroatoms. The molecule has 0 aromatic carbocycles. The zero-order valence-corrected chi connectivity index (χ0v) is 11.9. The summed E-state index contributed by atoms with van der Waals surface area (Å²) >= 11 is 0. The topological polar surface area (TPSA) is 108 Å². The molecule has 0 radical (unpaired) electrons. The second kappa shape index (κ2) is 7.99. The Bertz CT molecular complexity index is 415. The van der Waals surface area contributed by atoms with Crippen molar-refractivity contribution in [2.75, 3.05) is 0 Å². The molecule has 1 rings (SSSR count). The number of rotatable bonds is 7. The Labute approximate surface area is 119 Å². The highest BCUT2D eigenvalue weighted by atomic mass is 16.4. The summed E-state index contributed by atoms with van der Waals surface area (Å²) in [6.45, 7) is 3.88. The predicted molar refractivity (Wildman–Crippen MR) is 77.5 cm³/mol. The lowest BCUT2D eigenvalue weighted by atomic mass is 9.75. The van der Waals surface area contributed by atoms with Gasteiger partial charge in [0.15, 0.2) is 0 Å². The van der Waals surface area contributed by atoms with Gasteiger partial charge in [-0.25, -0.2) is 0 Å². The minimum atomic E-state index is -1.59. The lowest BCUT2D eigenvalue weighted by Crippen LogP contribution is -2.52. The predicted octanol–water partition coefficient (Wildman–Crippen LogP) is -0.506. The fraction of sp³-hybridized carbons (Fsp3) is 0.538. The van der Waals surface area contributed by atoms with Gasteiger partial charge in [0.25, 0.3) is 0 Å². The average Bonchev–Trinajstić information content (AvgIpc) is 2.38. The van der Waals surface area contributed by atoms with Crippen molar-refractivity contribution in [3.05, 3.63) is 30.1 Å². The molecule has 2 atom stereocenters. The van der Waals surface area contributed by atoms with Crippen LogP contribution in [0, 0.1) is 5.92 Å². The van der Waals surface area contributed by atoms with Crippen LogP contribution < -0.4 is 11.1 Å². The average molecular weight is 279 g/mol. The Morgan fingerprint density at radius 1 is 1.45 bits per heavy atom. The Morgan fingerprint density at radius 3 is 2.65 bits per heavy atom. The minimum absolute atomic E-state index is 0.231. The summed E-state index contributed by atoms with van der Waals surface area (Å²) in [4.78, 5) is 16.1. The highest BCUT2D eigenvalue weighted by Crippen LogP contribution is 2.06. The van der Waals surface area contributed by atoms with E-state index in [0.717, 1.165) is 5.69 Å². The number of nitrogens with two attached hydrogens (primary N) is 1. The number of aromatic nitrogens is 1. The summed E-state index contributed by atoms with van der Waals surface area (Å²) < 4.78 is 0. The summed E-state index contributed by atoms with van der Waals surface area (Å²) in [5.74, 6) is -0.888. The van der Waals surface area contributed by atoms with Crippen LogP contribution in [0.3, 0.4) is 0 Å². The van der Waals surface area contributed by atoms with E-state index in [2.05, 4.69) is 10.3 Å². The molecule has 0 aliphatic carbocycles. The molecule has 1 heterocycles. The smallest absolute Gasteiger partial charge is 0.426 e. The van der Waals surface area contributed by atoms with Crippen LogP contribution in [0.5, 0.6) is 0 Å². The molecule has 0 fully saturated rings. The van der Waals surface area contributed by atoms with Crippen LogP contribution in [0.2, 0.25) is 0 Å². The van der Waals surface area contributed by atoms with Crippen LogP contribution in [0.15, 0.2) is 24.4 Å². The molecular weight excluding hydrogens is 257 g/mol. The molecule has 110 valence electrons. The molecule has 1 amide bonds. The first kappa shape index (κ1) is 16.6. The fourth-order valence-electron chi connectivity index (χ4n) is 1.89. The Morgan fingerprint density at radius 2 is 2.15 bits per heavy atom. The van der Waals surface area contributed by atoms with Gasteiger partial charge in [0.05, 0.1) is 12.0 Å². The lowest BCUT2D eigenvalue weighted by Gasteiger charge is -2.21. The van der Waals surface area contributed by atoms with E-state index in [4.69, 9.17) is 5.73 Å². The van der Waals surface area contributed by atoms with Crippen LogP contribution in [0.4, 0.5) is 0 Å². The molecule has 0 saturated carbocycles. The van der Waals surface area contributed by atoms with E-state index in [1.54, 1.807) is 18.3 Å². The normalized spacial score (nSPS) is 13.9. The van der Waals surface area contributed by atoms with E-state index in [0.29, 0.717) is 12.8 Å². The van der Waals surface area contributed by atoms with E-state index in [1.165, 1.54) is 0 Å². The maximum atomic E-state index is 12.0. The van der Waals surface area contributed by atoms with Gasteiger partial charge >= 0.3 is 7.12 Å². The van der Waals surface area contributed by atoms with Crippen molar-refractivity contribution in [2.45, 2.75) is 38.7 Å². The molecule has 1 aromatic heterocycles. The van der Waals surface area contributed by atoms with Crippen molar-refractivity contribution >= 4 is 13.0 Å². The lowest BCUT2D eigenvalue weighted by molar-refractivity contribution is -0.122. The zero-order valence-electron chi connectivity index (χ0n) is 11.9. The Kier molecular flexibility index (Phi) is 6.64. The van der Waals surface area contributed by atoms with Gasteiger partial charge in [0, 0.05) is 18.3 Å². The van der Waals surface area contributed by atoms with Crippen LogP contribution >= 0.6 is 0 Å². The van der Waals surface area contributed by atoms with E-state index in [9.17, 15) is 14.8 Å². The molecule has 0 aliphatic heterocycles. The van der Waals surface area contributed by atoms with Crippen molar-refractivity contribution < 1.29 is 14.8 Å². The molecule has 0 aliphatic rings. The summed E-state index contributed by atoms with van der Waals surface area (Å²) in [6.07, 6.45) is 2.42. The van der Waals surface area contributed by atoms with Gasteiger partial charge in [-0.05, 0) is 24.5 Å². The summed E-state index contributed by atoms with van der Waals surface area (Å²) in [5.41, 5.74) is 6.54. The molecule has 0 spiro atoms. The standard InChI is InChI=1S/C13H22BN3O3/c1-9(2)7-12(14(19)20)17-13(18)11(15)8-10-5-3-4-6-16-10/h3-6,9,11-12,19-20H,7-8,15H2,1-2H3,(H,17,18)/t11-,12-/m0/s1. The number of amides is 1. The largest absolute Gasteiger partial charge is 0.475 e. The van der Waals surface area contributed by atoms with Gasteiger partial charge in [0.2, 0.25) is 5.91 Å². The van der Waals surface area contributed by atoms with Crippen molar-refractivity contribution in [1.82, 2.24) is 10.3 Å². The van der Waals surface area contributed by atoms with Gasteiger partial charge in [-0.2, -0.15) is 0 Å². The first-order valence-electron chi connectivity index (χ1n) is 6.72. The van der Waals surface area contributed by atoms with Crippen LogP contribution in [-0.4, -0.2) is 40.0 Å². The van der Waals surface area contributed by atoms with Crippen LogP contribution in [-0.2, 0) is 11.2 Å². The number of carbonyl (C=O) groups is 1. The number of hydrogen-bond acceptors (Lipinski definition) is 5. The van der Waals surface area contributed by atoms with Gasteiger partial charge in [-0.15, -0.1) is 0 Å². The van der Waals surface area contributed by atoms with Crippen molar-refractivity contribution in [3.63, 3.8) is 0 Å². The first-order valence-corrected chi connectivity index (χ1v) is 6.72. The molecule has 20 heavy (non-hydrogen) atoms. The molecule has 1 aromatic rings. The van der Waals surface area contributed by atoms with E-state index in [-0.39, 0.29) is 5.92 Å². The van der Waals surface area contributed by atoms with Crippen LogP contribution in [0.25, 0.3) is 0 Å². The van der Waals surface area contributed by atoms with E-state index in [1.807, 2.05) is 19.9 Å². The Balaban J connectivity index is 2.55. The maximum Gasteiger partial charge on any atom is 0.475 e. The quantitative estimate of drug-likeness (QED) is 0.503. The highest BCUT2D eigenvalue weighted by Gasteiger charge is 2.28. The second-order valence-corrected chi connectivity index (χ2v) is 5.29. The van der Waals surface area contributed by atoms with Gasteiger partial charge in [-0.3, -0.25) is 9.78 Å². The third-order valence-electron chi connectivity index (χ3n) is 2.90. The van der Waals surface area contributed by atoms with Gasteiger partial charge in [0.1, 0.15) is 0 Å². The number of pyridine rings is 1. The van der Waals surface area contributed by atoms with Crippen molar-refractivity contribution in [1.29, 1.82) is 0 Å². The highest BCUT2D eigenvalue weighted by molar-refractivity contribution is 6.43. The Hall–Kier alpha value is -1.44. The summed E-state index contributed by atoms with van der Waals surface area (Å²) in [7, 11) is -1.59. The van der Waals surface area contributed by atoms with E-state index >= 15 is 0 Å². The monoisotopic (exact) mass is 279 g/mol. The summed E-state index contributed by atoms with van der Waals surface area (Å²) in [5, 5.41) is 21.1.